The van der Waals surface area contributed by atoms with Gasteiger partial charge in [-0.25, -0.2) is 5.43 Å². The van der Waals surface area contributed by atoms with Gasteiger partial charge >= 0.3 is 0 Å². The molecule has 0 aliphatic carbocycles. The minimum Gasteiger partial charge on any atom is -0.506 e. The first kappa shape index (κ1) is 18.7. The molecular weight excluding hydrogens is 511 g/mol. The van der Waals surface area contributed by atoms with Crippen molar-refractivity contribution in [2.75, 3.05) is 7.11 Å². The predicted molar refractivity (Wildman–Crippen MR) is 114 cm³/mol. The summed E-state index contributed by atoms with van der Waals surface area (Å²) in [5.74, 6) is 0.294. The van der Waals surface area contributed by atoms with Gasteiger partial charge in [-0.15, -0.1) is 0 Å². The molecule has 3 aromatic rings. The highest BCUT2D eigenvalue weighted by Gasteiger charge is 2.13. The van der Waals surface area contributed by atoms with Crippen molar-refractivity contribution in [2.24, 2.45) is 5.10 Å². The molecule has 3 rings (SSSR count). The first-order chi connectivity index (χ1) is 12.5. The Kier molecular flexibility index (Phi) is 5.77. The van der Waals surface area contributed by atoms with Gasteiger partial charge < -0.3 is 9.84 Å². The quantitative estimate of drug-likeness (QED) is 0.295. The number of carbonyl (C=O) groups is 1. The lowest BCUT2D eigenvalue weighted by Gasteiger charge is -2.09. The monoisotopic (exact) mass is 524 g/mol. The molecule has 3 aromatic carbocycles. The van der Waals surface area contributed by atoms with E-state index < -0.39 is 0 Å². The first-order valence-electron chi connectivity index (χ1n) is 7.58. The number of aromatic hydroxyl groups is 1. The second kappa shape index (κ2) is 8.05. The Hall–Kier alpha value is -2.13. The summed E-state index contributed by atoms with van der Waals surface area (Å²) in [6, 6.07) is 14.8. The van der Waals surface area contributed by atoms with Gasteiger partial charge in [0.25, 0.3) is 5.91 Å². The minimum atomic E-state index is -0.364. The molecule has 0 spiro atoms. The second-order valence-corrected chi connectivity index (χ2v) is 7.45. The third-order valence-electron chi connectivity index (χ3n) is 3.73. The number of halogens is 2. The molecule has 0 bridgehead atoms. The van der Waals surface area contributed by atoms with Crippen LogP contribution in [0.15, 0.2) is 58.1 Å². The largest absolute Gasteiger partial charge is 0.506 e. The number of hydrazone groups is 1. The highest BCUT2D eigenvalue weighted by molar-refractivity contribution is 14.1. The van der Waals surface area contributed by atoms with Crippen LogP contribution in [0.5, 0.6) is 11.5 Å². The van der Waals surface area contributed by atoms with Crippen LogP contribution < -0.4 is 10.2 Å². The van der Waals surface area contributed by atoms with E-state index in [1.165, 1.54) is 13.3 Å². The number of hydrogen-bond acceptors (Lipinski definition) is 4. The van der Waals surface area contributed by atoms with Crippen LogP contribution in [0.25, 0.3) is 10.8 Å². The summed E-state index contributed by atoms with van der Waals surface area (Å²) in [6.07, 6.45) is 1.51. The SMILES string of the molecule is COc1cc2ccccc2cc1C(=O)N/N=C\c1cc(Br)c(O)c(I)c1. The van der Waals surface area contributed by atoms with E-state index in [0.29, 0.717) is 19.4 Å². The Morgan fingerprint density at radius 2 is 1.92 bits per heavy atom. The zero-order valence-electron chi connectivity index (χ0n) is 13.7. The van der Waals surface area contributed by atoms with Crippen molar-refractivity contribution in [1.29, 1.82) is 0 Å². The molecule has 132 valence electrons. The summed E-state index contributed by atoms with van der Waals surface area (Å²) < 4.78 is 6.58. The van der Waals surface area contributed by atoms with Gasteiger partial charge in [0, 0.05) is 0 Å². The molecule has 0 aromatic heterocycles. The maximum absolute atomic E-state index is 12.5. The van der Waals surface area contributed by atoms with Gasteiger partial charge in [-0.1, -0.05) is 24.3 Å². The number of amides is 1. The van der Waals surface area contributed by atoms with Gasteiger partial charge in [-0.2, -0.15) is 5.10 Å². The molecule has 1 amide bonds. The van der Waals surface area contributed by atoms with Crippen molar-refractivity contribution in [3.63, 3.8) is 0 Å². The molecule has 0 aliphatic rings. The normalized spacial score (nSPS) is 11.0. The highest BCUT2D eigenvalue weighted by atomic mass is 127. The maximum atomic E-state index is 12.5. The second-order valence-electron chi connectivity index (χ2n) is 5.43. The number of methoxy groups -OCH3 is 1. The minimum absolute atomic E-state index is 0.174. The van der Waals surface area contributed by atoms with Crippen LogP contribution in [0.2, 0.25) is 0 Å². The van der Waals surface area contributed by atoms with Crippen LogP contribution in [0.3, 0.4) is 0 Å². The molecule has 0 atom stereocenters. The van der Waals surface area contributed by atoms with Crippen LogP contribution in [-0.2, 0) is 0 Å². The summed E-state index contributed by atoms with van der Waals surface area (Å²) >= 11 is 5.30. The number of phenols is 1. The number of benzene rings is 3. The first-order valence-corrected chi connectivity index (χ1v) is 9.45. The van der Waals surface area contributed by atoms with Gasteiger partial charge in [0.15, 0.2) is 0 Å². The van der Waals surface area contributed by atoms with Gasteiger partial charge in [0.1, 0.15) is 11.5 Å². The number of ether oxygens (including phenoxy) is 1. The van der Waals surface area contributed by atoms with E-state index in [-0.39, 0.29) is 11.7 Å². The summed E-state index contributed by atoms with van der Waals surface area (Å²) in [7, 11) is 1.53. The van der Waals surface area contributed by atoms with E-state index in [4.69, 9.17) is 4.74 Å². The number of rotatable bonds is 4. The van der Waals surface area contributed by atoms with E-state index in [9.17, 15) is 9.90 Å². The zero-order chi connectivity index (χ0) is 18.7. The van der Waals surface area contributed by atoms with E-state index in [0.717, 1.165) is 16.3 Å². The van der Waals surface area contributed by atoms with Crippen LogP contribution in [0.4, 0.5) is 0 Å². The van der Waals surface area contributed by atoms with Crippen molar-refractivity contribution < 1.29 is 14.6 Å². The fraction of sp³-hybridized carbons (Fsp3) is 0.0526. The Balaban J connectivity index is 1.83. The molecule has 0 aliphatic heterocycles. The average molecular weight is 525 g/mol. The Morgan fingerprint density at radius 1 is 1.23 bits per heavy atom. The molecule has 0 heterocycles. The number of phenolic OH excluding ortho intramolecular Hbond substituents is 1. The van der Waals surface area contributed by atoms with Gasteiger partial charge in [-0.3, -0.25) is 4.79 Å². The van der Waals surface area contributed by atoms with E-state index >= 15 is 0 Å². The molecule has 0 unspecified atom stereocenters. The van der Waals surface area contributed by atoms with Crippen LogP contribution >= 0.6 is 38.5 Å². The van der Waals surface area contributed by atoms with Gasteiger partial charge in [-0.05, 0) is 79.1 Å². The Bertz CT molecular complexity index is 998. The highest BCUT2D eigenvalue weighted by Crippen LogP contribution is 2.30. The van der Waals surface area contributed by atoms with Crippen LogP contribution in [-0.4, -0.2) is 24.3 Å². The number of nitrogens with zero attached hydrogens (tertiary/aromatic N) is 1. The average Bonchev–Trinajstić information content (AvgIpc) is 2.64. The molecule has 0 radical (unpaired) electrons. The molecule has 5 nitrogen and oxygen atoms in total. The Labute approximate surface area is 172 Å². The predicted octanol–water partition coefficient (Wildman–Crippen LogP) is 4.69. The van der Waals surface area contributed by atoms with Crippen molar-refractivity contribution in [3.05, 3.63) is 67.7 Å². The maximum Gasteiger partial charge on any atom is 0.275 e. The van der Waals surface area contributed by atoms with Crippen LogP contribution in [0.1, 0.15) is 15.9 Å². The van der Waals surface area contributed by atoms with E-state index in [2.05, 4.69) is 26.5 Å². The molecule has 2 N–H and O–H groups in total. The zero-order valence-corrected chi connectivity index (χ0v) is 17.4. The fourth-order valence-electron chi connectivity index (χ4n) is 2.45. The molecular formula is C19H14BrIN2O3. The number of nitrogens with one attached hydrogen (secondary N) is 1. The standard InChI is InChI=1S/C19H14BrIN2O3/c1-26-17-9-13-5-3-2-4-12(13)8-14(17)19(25)23-22-10-11-6-15(20)18(24)16(21)7-11/h2-10,24H,1H3,(H,23,25)/b22-10-. The van der Waals surface area contributed by atoms with Crippen molar-refractivity contribution in [1.82, 2.24) is 5.43 Å². The number of hydrogen-bond donors (Lipinski definition) is 2. The number of fused-ring (bicyclic) bond motifs is 1. The molecule has 0 fully saturated rings. The molecule has 7 heteroatoms. The van der Waals surface area contributed by atoms with Crippen LogP contribution in [0, 0.1) is 3.57 Å². The lowest BCUT2D eigenvalue weighted by Crippen LogP contribution is -2.18. The summed E-state index contributed by atoms with van der Waals surface area (Å²) in [6.45, 7) is 0. The number of carbonyl (C=O) groups excluding carboxylic acids is 1. The lowest BCUT2D eigenvalue weighted by atomic mass is 10.1. The Morgan fingerprint density at radius 3 is 2.58 bits per heavy atom. The van der Waals surface area contributed by atoms with Crippen molar-refractivity contribution >= 4 is 61.4 Å². The third-order valence-corrected chi connectivity index (χ3v) is 5.16. The molecule has 0 saturated carbocycles. The topological polar surface area (TPSA) is 70.9 Å². The summed E-state index contributed by atoms with van der Waals surface area (Å²) in [5, 5.41) is 15.7. The summed E-state index contributed by atoms with van der Waals surface area (Å²) in [5.41, 5.74) is 3.66. The van der Waals surface area contributed by atoms with E-state index in [1.807, 2.05) is 52.9 Å². The van der Waals surface area contributed by atoms with Gasteiger partial charge in [0.05, 0.1) is 26.9 Å². The van der Waals surface area contributed by atoms with E-state index in [1.54, 1.807) is 18.2 Å². The molecule has 0 saturated heterocycles. The van der Waals surface area contributed by atoms with Crippen molar-refractivity contribution in [3.8, 4) is 11.5 Å². The summed E-state index contributed by atoms with van der Waals surface area (Å²) in [4.78, 5) is 12.5. The lowest BCUT2D eigenvalue weighted by molar-refractivity contribution is 0.0952. The smallest absolute Gasteiger partial charge is 0.275 e. The fourth-order valence-corrected chi connectivity index (χ4v) is 3.95. The molecule has 26 heavy (non-hydrogen) atoms. The van der Waals surface area contributed by atoms with Crippen molar-refractivity contribution in [2.45, 2.75) is 0 Å². The van der Waals surface area contributed by atoms with Gasteiger partial charge in [0.2, 0.25) is 0 Å². The third kappa shape index (κ3) is 3.99.